The minimum absolute atomic E-state index is 0.0839. The molecule has 0 saturated carbocycles. The molecular weight excluding hydrogens is 354 g/mol. The second kappa shape index (κ2) is 7.41. The Morgan fingerprint density at radius 1 is 1.18 bits per heavy atom. The summed E-state index contributed by atoms with van der Waals surface area (Å²) < 4.78 is 5.28. The standard InChI is InChI=1S/C22H27N3O3/c1-3-18-19(16(2)28-23-18)20(26)25-14-8-12-22(25)11-7-13-24(21(22)27)15-17-9-5-4-6-10-17/h4-6,9-10H,3,7-8,11-15H2,1-2H3. The van der Waals surface area contributed by atoms with Crippen LogP contribution < -0.4 is 0 Å². The summed E-state index contributed by atoms with van der Waals surface area (Å²) in [6, 6.07) is 10.0. The minimum Gasteiger partial charge on any atom is -0.361 e. The normalized spacial score (nSPS) is 22.3. The van der Waals surface area contributed by atoms with Gasteiger partial charge in [0.25, 0.3) is 5.91 Å². The lowest BCUT2D eigenvalue weighted by molar-refractivity contribution is -0.146. The third kappa shape index (κ3) is 3.01. The maximum absolute atomic E-state index is 13.6. The molecule has 4 rings (SSSR count). The van der Waals surface area contributed by atoms with E-state index in [0.29, 0.717) is 36.5 Å². The SMILES string of the molecule is CCc1noc(C)c1C(=O)N1CCCC12CCCN(Cc1ccccc1)C2=O. The van der Waals surface area contributed by atoms with Gasteiger partial charge >= 0.3 is 0 Å². The molecule has 6 nitrogen and oxygen atoms in total. The van der Waals surface area contributed by atoms with E-state index in [1.165, 1.54) is 0 Å². The van der Waals surface area contributed by atoms with E-state index >= 15 is 0 Å². The van der Waals surface area contributed by atoms with Crippen molar-refractivity contribution in [2.24, 2.45) is 0 Å². The summed E-state index contributed by atoms with van der Waals surface area (Å²) in [5.41, 5.74) is 1.61. The van der Waals surface area contributed by atoms with E-state index in [4.69, 9.17) is 4.52 Å². The predicted octanol–water partition coefficient (Wildman–Crippen LogP) is 3.34. The number of carbonyl (C=O) groups is 2. The largest absolute Gasteiger partial charge is 0.361 e. The summed E-state index contributed by atoms with van der Waals surface area (Å²) in [5.74, 6) is 0.511. The molecule has 2 aromatic rings. The number of nitrogens with zero attached hydrogens (tertiary/aromatic N) is 3. The number of rotatable bonds is 4. The number of aryl methyl sites for hydroxylation is 2. The Balaban J connectivity index is 1.62. The molecule has 3 heterocycles. The first-order valence-corrected chi connectivity index (χ1v) is 10.2. The Hall–Kier alpha value is -2.63. The van der Waals surface area contributed by atoms with Gasteiger partial charge in [0.05, 0.1) is 5.69 Å². The van der Waals surface area contributed by atoms with E-state index in [2.05, 4.69) is 5.16 Å². The summed E-state index contributed by atoms with van der Waals surface area (Å²) in [6.45, 7) is 5.67. The van der Waals surface area contributed by atoms with Crippen molar-refractivity contribution < 1.29 is 14.1 Å². The molecule has 1 aromatic carbocycles. The fraction of sp³-hybridized carbons (Fsp3) is 0.500. The molecule has 0 aliphatic carbocycles. The van der Waals surface area contributed by atoms with Gasteiger partial charge in [-0.2, -0.15) is 0 Å². The Kier molecular flexibility index (Phi) is 4.96. The van der Waals surface area contributed by atoms with Gasteiger partial charge in [-0.05, 0) is 44.6 Å². The highest BCUT2D eigenvalue weighted by Gasteiger charge is 2.53. The van der Waals surface area contributed by atoms with Crippen LogP contribution in [0.2, 0.25) is 0 Å². The first-order chi connectivity index (χ1) is 13.6. The minimum atomic E-state index is -0.723. The van der Waals surface area contributed by atoms with E-state index in [9.17, 15) is 9.59 Å². The number of likely N-dealkylation sites (tertiary alicyclic amines) is 2. The van der Waals surface area contributed by atoms with Crippen LogP contribution in [0.1, 0.15) is 60.0 Å². The molecule has 28 heavy (non-hydrogen) atoms. The molecule has 6 heteroatoms. The lowest BCUT2D eigenvalue weighted by Gasteiger charge is -2.44. The predicted molar refractivity (Wildman–Crippen MR) is 105 cm³/mol. The molecule has 0 bridgehead atoms. The van der Waals surface area contributed by atoms with Crippen molar-refractivity contribution in [3.8, 4) is 0 Å². The highest BCUT2D eigenvalue weighted by molar-refractivity contribution is 6.01. The summed E-state index contributed by atoms with van der Waals surface area (Å²) in [6.07, 6.45) is 3.85. The fourth-order valence-electron chi connectivity index (χ4n) is 4.75. The summed E-state index contributed by atoms with van der Waals surface area (Å²) in [5, 5.41) is 4.03. The van der Waals surface area contributed by atoms with E-state index in [1.54, 1.807) is 6.92 Å². The van der Waals surface area contributed by atoms with Crippen molar-refractivity contribution in [2.75, 3.05) is 13.1 Å². The van der Waals surface area contributed by atoms with Gasteiger partial charge in [-0.1, -0.05) is 42.4 Å². The van der Waals surface area contributed by atoms with Crippen LogP contribution in [0.4, 0.5) is 0 Å². The summed E-state index contributed by atoms with van der Waals surface area (Å²) in [7, 11) is 0. The second-order valence-electron chi connectivity index (χ2n) is 7.82. The molecule has 2 aliphatic rings. The average molecular weight is 381 g/mol. The zero-order chi connectivity index (χ0) is 19.7. The monoisotopic (exact) mass is 381 g/mol. The molecule has 0 N–H and O–H groups in total. The maximum atomic E-state index is 13.6. The molecular formula is C22H27N3O3. The van der Waals surface area contributed by atoms with Crippen LogP contribution in [0.5, 0.6) is 0 Å². The highest BCUT2D eigenvalue weighted by Crippen LogP contribution is 2.40. The lowest BCUT2D eigenvalue weighted by atomic mass is 9.84. The van der Waals surface area contributed by atoms with Gasteiger partial charge in [0.1, 0.15) is 16.9 Å². The van der Waals surface area contributed by atoms with E-state index in [0.717, 1.165) is 37.8 Å². The van der Waals surface area contributed by atoms with Gasteiger partial charge in [-0.15, -0.1) is 0 Å². The molecule has 2 saturated heterocycles. The van der Waals surface area contributed by atoms with Gasteiger partial charge in [-0.25, -0.2) is 0 Å². The summed E-state index contributed by atoms with van der Waals surface area (Å²) in [4.78, 5) is 30.8. The van der Waals surface area contributed by atoms with Gasteiger partial charge in [-0.3, -0.25) is 9.59 Å². The highest BCUT2D eigenvalue weighted by atomic mass is 16.5. The van der Waals surface area contributed by atoms with Crippen molar-refractivity contribution in [1.82, 2.24) is 15.0 Å². The molecule has 148 valence electrons. The molecule has 1 atom stereocenters. The molecule has 1 spiro atoms. The number of hydrogen-bond donors (Lipinski definition) is 0. The van der Waals surface area contributed by atoms with Crippen LogP contribution in [-0.4, -0.2) is 45.4 Å². The molecule has 1 unspecified atom stereocenters. The Bertz CT molecular complexity index is 876. The van der Waals surface area contributed by atoms with Gasteiger partial charge in [0.2, 0.25) is 5.91 Å². The second-order valence-corrected chi connectivity index (χ2v) is 7.82. The van der Waals surface area contributed by atoms with Crippen molar-refractivity contribution in [3.63, 3.8) is 0 Å². The topological polar surface area (TPSA) is 66.7 Å². The Labute approximate surface area is 165 Å². The van der Waals surface area contributed by atoms with Gasteiger partial charge in [0.15, 0.2) is 0 Å². The van der Waals surface area contributed by atoms with Crippen molar-refractivity contribution >= 4 is 11.8 Å². The Morgan fingerprint density at radius 3 is 2.61 bits per heavy atom. The van der Waals surface area contributed by atoms with E-state index < -0.39 is 5.54 Å². The van der Waals surface area contributed by atoms with Crippen LogP contribution in [0, 0.1) is 6.92 Å². The average Bonchev–Trinajstić information content (AvgIpc) is 3.30. The van der Waals surface area contributed by atoms with Crippen LogP contribution in [0.25, 0.3) is 0 Å². The number of piperidine rings is 1. The third-order valence-corrected chi connectivity index (χ3v) is 6.14. The molecule has 2 aliphatic heterocycles. The molecule has 0 radical (unpaired) electrons. The molecule has 2 amide bonds. The third-order valence-electron chi connectivity index (χ3n) is 6.14. The Morgan fingerprint density at radius 2 is 1.89 bits per heavy atom. The van der Waals surface area contributed by atoms with Crippen LogP contribution in [0.3, 0.4) is 0 Å². The van der Waals surface area contributed by atoms with Crippen molar-refractivity contribution in [1.29, 1.82) is 0 Å². The van der Waals surface area contributed by atoms with Crippen LogP contribution in [-0.2, 0) is 17.8 Å². The van der Waals surface area contributed by atoms with Crippen molar-refractivity contribution in [2.45, 2.75) is 58.0 Å². The number of hydrogen-bond acceptors (Lipinski definition) is 4. The number of carbonyl (C=O) groups excluding carboxylic acids is 2. The zero-order valence-corrected chi connectivity index (χ0v) is 16.6. The lowest BCUT2D eigenvalue weighted by Crippen LogP contribution is -2.61. The van der Waals surface area contributed by atoms with E-state index in [1.807, 2.05) is 47.1 Å². The fourth-order valence-corrected chi connectivity index (χ4v) is 4.75. The summed E-state index contributed by atoms with van der Waals surface area (Å²) >= 11 is 0. The number of amides is 2. The van der Waals surface area contributed by atoms with Gasteiger partial charge in [0, 0.05) is 19.6 Å². The maximum Gasteiger partial charge on any atom is 0.260 e. The van der Waals surface area contributed by atoms with Gasteiger partial charge < -0.3 is 14.3 Å². The molecule has 1 aromatic heterocycles. The number of aromatic nitrogens is 1. The van der Waals surface area contributed by atoms with E-state index in [-0.39, 0.29) is 11.8 Å². The molecule has 2 fully saturated rings. The smallest absolute Gasteiger partial charge is 0.260 e. The van der Waals surface area contributed by atoms with Crippen LogP contribution >= 0.6 is 0 Å². The number of benzene rings is 1. The van der Waals surface area contributed by atoms with Crippen LogP contribution in [0.15, 0.2) is 34.9 Å². The quantitative estimate of drug-likeness (QED) is 0.815. The zero-order valence-electron chi connectivity index (χ0n) is 16.6. The first-order valence-electron chi connectivity index (χ1n) is 10.2. The first kappa shape index (κ1) is 18.7. The van der Waals surface area contributed by atoms with Crippen molar-refractivity contribution in [3.05, 3.63) is 52.9 Å².